The second-order valence-electron chi connectivity index (χ2n) is 3.01. The lowest BCUT2D eigenvalue weighted by molar-refractivity contribution is 0.283. The largest absolute Gasteiger partial charge is 0.396 e. The molecule has 0 atom stereocenters. The smallest absolute Gasteiger partial charge is 0.221 e. The van der Waals surface area contributed by atoms with Crippen molar-refractivity contribution in [1.82, 2.24) is 9.97 Å². The van der Waals surface area contributed by atoms with Gasteiger partial charge in [0.1, 0.15) is 5.82 Å². The molecule has 4 N–H and O–H groups in total. The summed E-state index contributed by atoms with van der Waals surface area (Å²) in [7, 11) is 0. The second-order valence-corrected chi connectivity index (χ2v) is 3.01. The minimum absolute atomic E-state index is 0.264. The average Bonchev–Trinajstić information content (AvgIpc) is 2.18. The molecule has 1 heterocycles. The number of hydrogen-bond acceptors (Lipinski definition) is 5. The van der Waals surface area contributed by atoms with Gasteiger partial charge in [0.25, 0.3) is 0 Å². The predicted octanol–water partition coefficient (Wildman–Crippen LogP) is 0.633. The number of aliphatic hydroxyl groups excluding tert-OH is 1. The molecule has 1 aromatic rings. The van der Waals surface area contributed by atoms with Gasteiger partial charge in [-0.25, -0.2) is 4.98 Å². The Morgan fingerprint density at radius 2 is 2.21 bits per heavy atom. The number of nitrogens with zero attached hydrogens (tertiary/aromatic N) is 2. The Labute approximate surface area is 83.4 Å². The summed E-state index contributed by atoms with van der Waals surface area (Å²) in [6.45, 7) is 1.11. The maximum absolute atomic E-state index is 8.56. The number of anilines is 2. The Morgan fingerprint density at radius 3 is 2.93 bits per heavy atom. The van der Waals surface area contributed by atoms with Gasteiger partial charge in [-0.1, -0.05) is 0 Å². The standard InChI is InChI=1S/C9H16N4O/c10-9-12-6-4-8(13-9)11-5-2-1-3-7-14/h4,6,14H,1-3,5,7H2,(H3,10,11,12,13). The summed E-state index contributed by atoms with van der Waals surface area (Å²) >= 11 is 0. The van der Waals surface area contributed by atoms with Crippen LogP contribution in [0.25, 0.3) is 0 Å². The van der Waals surface area contributed by atoms with Crippen LogP contribution in [0.2, 0.25) is 0 Å². The first-order valence-electron chi connectivity index (χ1n) is 4.76. The van der Waals surface area contributed by atoms with Crippen molar-refractivity contribution in [2.45, 2.75) is 19.3 Å². The Hall–Kier alpha value is -1.36. The van der Waals surface area contributed by atoms with Crippen LogP contribution in [0.3, 0.4) is 0 Å². The van der Waals surface area contributed by atoms with Gasteiger partial charge in [-0.15, -0.1) is 0 Å². The van der Waals surface area contributed by atoms with E-state index in [2.05, 4.69) is 15.3 Å². The van der Waals surface area contributed by atoms with Crippen LogP contribution in [0.15, 0.2) is 12.3 Å². The van der Waals surface area contributed by atoms with Gasteiger partial charge in [0.2, 0.25) is 5.95 Å². The highest BCUT2D eigenvalue weighted by Gasteiger charge is 1.94. The molecule has 0 aromatic carbocycles. The van der Waals surface area contributed by atoms with E-state index >= 15 is 0 Å². The van der Waals surface area contributed by atoms with Gasteiger partial charge >= 0.3 is 0 Å². The van der Waals surface area contributed by atoms with Crippen molar-refractivity contribution < 1.29 is 5.11 Å². The van der Waals surface area contributed by atoms with E-state index in [1.165, 1.54) is 0 Å². The fourth-order valence-corrected chi connectivity index (χ4v) is 1.10. The van der Waals surface area contributed by atoms with Crippen LogP contribution in [0.1, 0.15) is 19.3 Å². The fourth-order valence-electron chi connectivity index (χ4n) is 1.10. The van der Waals surface area contributed by atoms with Crippen LogP contribution in [0.5, 0.6) is 0 Å². The Kier molecular flexibility index (Phi) is 4.71. The summed E-state index contributed by atoms with van der Waals surface area (Å²) in [4.78, 5) is 7.79. The highest BCUT2D eigenvalue weighted by atomic mass is 16.2. The van der Waals surface area contributed by atoms with Crippen molar-refractivity contribution in [3.63, 3.8) is 0 Å². The summed E-state index contributed by atoms with van der Waals surface area (Å²) < 4.78 is 0. The third-order valence-corrected chi connectivity index (χ3v) is 1.82. The molecule has 0 fully saturated rings. The molecule has 1 rings (SSSR count). The van der Waals surface area contributed by atoms with Crippen LogP contribution in [-0.4, -0.2) is 28.2 Å². The molecule has 0 saturated heterocycles. The molecule has 0 unspecified atom stereocenters. The maximum Gasteiger partial charge on any atom is 0.221 e. The van der Waals surface area contributed by atoms with Crippen LogP contribution in [-0.2, 0) is 0 Å². The number of nitrogens with two attached hydrogens (primary N) is 1. The summed E-state index contributed by atoms with van der Waals surface area (Å²) in [6.07, 6.45) is 4.51. The highest BCUT2D eigenvalue weighted by Crippen LogP contribution is 2.03. The highest BCUT2D eigenvalue weighted by molar-refractivity contribution is 5.36. The Morgan fingerprint density at radius 1 is 1.36 bits per heavy atom. The van der Waals surface area contributed by atoms with Crippen LogP contribution >= 0.6 is 0 Å². The number of aromatic nitrogens is 2. The SMILES string of the molecule is Nc1nccc(NCCCCCO)n1. The first-order valence-corrected chi connectivity index (χ1v) is 4.76. The topological polar surface area (TPSA) is 84.1 Å². The summed E-state index contributed by atoms with van der Waals surface area (Å²) in [6, 6.07) is 1.78. The molecule has 0 radical (unpaired) electrons. The lowest BCUT2D eigenvalue weighted by atomic mass is 10.2. The number of nitrogens with one attached hydrogen (secondary N) is 1. The fraction of sp³-hybridized carbons (Fsp3) is 0.556. The van der Waals surface area contributed by atoms with E-state index in [1.54, 1.807) is 12.3 Å². The molecule has 0 amide bonds. The normalized spacial score (nSPS) is 10.1. The number of aliphatic hydroxyl groups is 1. The van der Waals surface area contributed by atoms with E-state index in [9.17, 15) is 0 Å². The first kappa shape index (κ1) is 10.7. The number of unbranched alkanes of at least 4 members (excludes halogenated alkanes) is 2. The van der Waals surface area contributed by atoms with Crippen molar-refractivity contribution in [2.75, 3.05) is 24.2 Å². The summed E-state index contributed by atoms with van der Waals surface area (Å²) in [5, 5.41) is 11.7. The number of rotatable bonds is 6. The minimum atomic E-state index is 0.264. The zero-order valence-corrected chi connectivity index (χ0v) is 8.11. The molecule has 1 aromatic heterocycles. The average molecular weight is 196 g/mol. The van der Waals surface area contributed by atoms with Gasteiger partial charge in [-0.2, -0.15) is 4.98 Å². The summed E-state index contributed by atoms with van der Waals surface area (Å²) in [5.74, 6) is 1.03. The Balaban J connectivity index is 2.18. The molecule has 0 bridgehead atoms. The van der Waals surface area contributed by atoms with Crippen molar-refractivity contribution in [1.29, 1.82) is 0 Å². The minimum Gasteiger partial charge on any atom is -0.396 e. The molecular weight excluding hydrogens is 180 g/mol. The van der Waals surface area contributed by atoms with Crippen LogP contribution in [0.4, 0.5) is 11.8 Å². The number of nitrogen functional groups attached to an aromatic ring is 1. The molecule has 5 heteroatoms. The van der Waals surface area contributed by atoms with Gasteiger partial charge in [-0.3, -0.25) is 0 Å². The molecular formula is C9H16N4O. The van der Waals surface area contributed by atoms with Gasteiger partial charge in [0, 0.05) is 19.3 Å². The van der Waals surface area contributed by atoms with Crippen LogP contribution < -0.4 is 11.1 Å². The monoisotopic (exact) mass is 196 g/mol. The second kappa shape index (κ2) is 6.15. The number of hydrogen-bond donors (Lipinski definition) is 3. The van der Waals surface area contributed by atoms with E-state index in [0.717, 1.165) is 31.6 Å². The van der Waals surface area contributed by atoms with E-state index < -0.39 is 0 Å². The lowest BCUT2D eigenvalue weighted by Gasteiger charge is -2.04. The molecule has 14 heavy (non-hydrogen) atoms. The maximum atomic E-state index is 8.56. The third kappa shape index (κ3) is 4.04. The molecule has 0 saturated carbocycles. The lowest BCUT2D eigenvalue weighted by Crippen LogP contribution is -2.05. The van der Waals surface area contributed by atoms with E-state index in [0.29, 0.717) is 0 Å². The predicted molar refractivity (Wildman–Crippen MR) is 55.9 cm³/mol. The molecule has 0 aliphatic heterocycles. The van der Waals surface area contributed by atoms with Crippen molar-refractivity contribution in [2.24, 2.45) is 0 Å². The van der Waals surface area contributed by atoms with E-state index in [-0.39, 0.29) is 12.6 Å². The van der Waals surface area contributed by atoms with Crippen molar-refractivity contribution >= 4 is 11.8 Å². The zero-order chi connectivity index (χ0) is 10.2. The van der Waals surface area contributed by atoms with Crippen molar-refractivity contribution in [3.05, 3.63) is 12.3 Å². The Bertz CT molecular complexity index is 267. The van der Waals surface area contributed by atoms with Gasteiger partial charge in [0.15, 0.2) is 0 Å². The van der Waals surface area contributed by atoms with E-state index in [4.69, 9.17) is 10.8 Å². The molecule has 5 nitrogen and oxygen atoms in total. The summed E-state index contributed by atoms with van der Waals surface area (Å²) in [5.41, 5.74) is 5.42. The molecule has 0 aliphatic rings. The quantitative estimate of drug-likeness (QED) is 0.581. The third-order valence-electron chi connectivity index (χ3n) is 1.82. The van der Waals surface area contributed by atoms with E-state index in [1.807, 2.05) is 0 Å². The van der Waals surface area contributed by atoms with Crippen LogP contribution in [0, 0.1) is 0 Å². The van der Waals surface area contributed by atoms with Gasteiger partial charge in [0.05, 0.1) is 0 Å². The molecule has 0 aliphatic carbocycles. The molecule has 0 spiro atoms. The van der Waals surface area contributed by atoms with Gasteiger partial charge in [-0.05, 0) is 25.3 Å². The first-order chi connectivity index (χ1) is 6.83. The van der Waals surface area contributed by atoms with Crippen molar-refractivity contribution in [3.8, 4) is 0 Å². The van der Waals surface area contributed by atoms with Gasteiger partial charge < -0.3 is 16.2 Å². The zero-order valence-electron chi connectivity index (χ0n) is 8.11. The molecule has 78 valence electrons.